The summed E-state index contributed by atoms with van der Waals surface area (Å²) >= 11 is 0. The van der Waals surface area contributed by atoms with Gasteiger partial charge in [0.2, 0.25) is 0 Å². The van der Waals surface area contributed by atoms with Crippen molar-refractivity contribution in [2.75, 3.05) is 13.2 Å². The zero-order valence-corrected chi connectivity index (χ0v) is 45.9. The molecule has 0 saturated carbocycles. The van der Waals surface area contributed by atoms with Gasteiger partial charge >= 0.3 is 17.9 Å². The predicted octanol–water partition coefficient (Wildman–Crippen LogP) is 20.3. The second-order valence-electron chi connectivity index (χ2n) is 20.6. The monoisotopic (exact) mass is 957 g/mol. The van der Waals surface area contributed by atoms with E-state index in [0.29, 0.717) is 19.3 Å². The largest absolute Gasteiger partial charge is 0.462 e. The topological polar surface area (TPSA) is 78.9 Å². The van der Waals surface area contributed by atoms with Gasteiger partial charge < -0.3 is 14.2 Å². The van der Waals surface area contributed by atoms with Gasteiger partial charge in [0.1, 0.15) is 13.2 Å². The summed E-state index contributed by atoms with van der Waals surface area (Å²) in [7, 11) is 0. The summed E-state index contributed by atoms with van der Waals surface area (Å²) in [5.74, 6) is -0.870. The minimum Gasteiger partial charge on any atom is -0.462 e. The maximum absolute atomic E-state index is 12.8. The van der Waals surface area contributed by atoms with Crippen LogP contribution < -0.4 is 0 Å². The predicted molar refractivity (Wildman–Crippen MR) is 293 cm³/mol. The Bertz CT molecular complexity index is 1100. The van der Waals surface area contributed by atoms with Crippen molar-refractivity contribution in [2.45, 2.75) is 341 Å². The van der Waals surface area contributed by atoms with Crippen molar-refractivity contribution in [3.63, 3.8) is 0 Å². The molecule has 0 aliphatic heterocycles. The van der Waals surface area contributed by atoms with Crippen LogP contribution in [0.15, 0.2) is 24.3 Å². The standard InChI is InChI=1S/C62H116O6/c1-4-7-10-13-16-19-22-25-27-28-29-30-31-32-33-34-35-38-40-43-46-49-52-55-61(64)67-58-59(57-66-60(63)54-51-48-45-42-39-36-24-21-18-15-12-9-6-3)68-62(65)56-53-50-47-44-41-37-26-23-20-17-14-11-8-5-2/h21,23-24,26,59H,4-20,22,25,27-58H2,1-3H3/b24-21-,26-23-. The van der Waals surface area contributed by atoms with E-state index >= 15 is 0 Å². The number of hydrogen-bond donors (Lipinski definition) is 0. The molecule has 0 rings (SSSR count). The Morgan fingerprint density at radius 1 is 0.279 bits per heavy atom. The van der Waals surface area contributed by atoms with Crippen LogP contribution in [-0.2, 0) is 28.6 Å². The Labute approximate surface area is 423 Å². The van der Waals surface area contributed by atoms with Gasteiger partial charge in [0.15, 0.2) is 6.10 Å². The van der Waals surface area contributed by atoms with Crippen molar-refractivity contribution in [3.8, 4) is 0 Å². The highest BCUT2D eigenvalue weighted by atomic mass is 16.6. The lowest BCUT2D eigenvalue weighted by atomic mass is 10.0. The maximum atomic E-state index is 12.8. The average molecular weight is 958 g/mol. The van der Waals surface area contributed by atoms with E-state index in [1.165, 1.54) is 225 Å². The van der Waals surface area contributed by atoms with Crippen LogP contribution >= 0.6 is 0 Å². The van der Waals surface area contributed by atoms with Gasteiger partial charge in [-0.3, -0.25) is 14.4 Å². The molecule has 0 saturated heterocycles. The molecule has 68 heavy (non-hydrogen) atoms. The summed E-state index contributed by atoms with van der Waals surface area (Å²) in [4.78, 5) is 38.1. The van der Waals surface area contributed by atoms with Crippen LogP contribution in [0.1, 0.15) is 335 Å². The van der Waals surface area contributed by atoms with Crippen molar-refractivity contribution in [1.29, 1.82) is 0 Å². The molecular weight excluding hydrogens is 841 g/mol. The van der Waals surface area contributed by atoms with Gasteiger partial charge in [-0.25, -0.2) is 0 Å². The van der Waals surface area contributed by atoms with Gasteiger partial charge in [-0.05, 0) is 70.6 Å². The molecule has 1 unspecified atom stereocenters. The first-order chi connectivity index (χ1) is 33.5. The lowest BCUT2D eigenvalue weighted by Gasteiger charge is -2.18. The fourth-order valence-electron chi connectivity index (χ4n) is 9.08. The first-order valence-electron chi connectivity index (χ1n) is 30.3. The second-order valence-corrected chi connectivity index (χ2v) is 20.6. The molecule has 0 radical (unpaired) electrons. The summed E-state index contributed by atoms with van der Waals surface area (Å²) < 4.78 is 16.9. The quantitative estimate of drug-likeness (QED) is 0.0262. The average Bonchev–Trinajstić information content (AvgIpc) is 3.34. The third-order valence-corrected chi connectivity index (χ3v) is 13.7. The molecule has 0 aromatic carbocycles. The lowest BCUT2D eigenvalue weighted by molar-refractivity contribution is -0.167. The van der Waals surface area contributed by atoms with Crippen molar-refractivity contribution in [3.05, 3.63) is 24.3 Å². The van der Waals surface area contributed by atoms with Gasteiger partial charge in [-0.15, -0.1) is 0 Å². The van der Waals surface area contributed by atoms with E-state index in [9.17, 15) is 14.4 Å². The van der Waals surface area contributed by atoms with E-state index in [1.807, 2.05) is 0 Å². The van der Waals surface area contributed by atoms with Crippen molar-refractivity contribution in [1.82, 2.24) is 0 Å². The molecule has 0 aromatic heterocycles. The summed E-state index contributed by atoms with van der Waals surface area (Å²) in [6.45, 7) is 6.65. The summed E-state index contributed by atoms with van der Waals surface area (Å²) in [5, 5.41) is 0. The van der Waals surface area contributed by atoms with E-state index in [0.717, 1.165) is 70.6 Å². The molecule has 0 heterocycles. The number of esters is 3. The number of carbonyl (C=O) groups is 3. The van der Waals surface area contributed by atoms with Gasteiger partial charge in [-0.1, -0.05) is 270 Å². The molecule has 0 N–H and O–H groups in total. The van der Waals surface area contributed by atoms with Crippen molar-refractivity contribution in [2.24, 2.45) is 0 Å². The number of hydrogen-bond acceptors (Lipinski definition) is 6. The van der Waals surface area contributed by atoms with Crippen LogP contribution in [0.5, 0.6) is 0 Å². The Morgan fingerprint density at radius 2 is 0.485 bits per heavy atom. The highest BCUT2D eigenvalue weighted by Crippen LogP contribution is 2.17. The zero-order chi connectivity index (χ0) is 49.3. The first kappa shape index (κ1) is 65.9. The summed E-state index contributed by atoms with van der Waals surface area (Å²) in [5.41, 5.74) is 0. The highest BCUT2D eigenvalue weighted by molar-refractivity contribution is 5.71. The number of unbranched alkanes of at least 4 members (excludes halogenated alkanes) is 41. The Balaban J connectivity index is 4.24. The normalized spacial score (nSPS) is 12.1. The van der Waals surface area contributed by atoms with Crippen molar-refractivity contribution < 1.29 is 28.6 Å². The van der Waals surface area contributed by atoms with Gasteiger partial charge in [0.25, 0.3) is 0 Å². The molecule has 0 bridgehead atoms. The second kappa shape index (κ2) is 57.5. The van der Waals surface area contributed by atoms with Gasteiger partial charge in [-0.2, -0.15) is 0 Å². The van der Waals surface area contributed by atoms with Gasteiger partial charge in [0, 0.05) is 19.3 Å². The van der Waals surface area contributed by atoms with E-state index in [1.54, 1.807) is 0 Å². The Morgan fingerprint density at radius 3 is 0.750 bits per heavy atom. The molecule has 0 aliphatic carbocycles. The van der Waals surface area contributed by atoms with Crippen LogP contribution in [0.2, 0.25) is 0 Å². The third kappa shape index (κ3) is 54.8. The minimum atomic E-state index is -0.775. The summed E-state index contributed by atoms with van der Waals surface area (Å²) in [6.07, 6.45) is 67.5. The Hall–Kier alpha value is -2.11. The molecule has 0 aliphatic rings. The number of ether oxygens (including phenoxy) is 3. The van der Waals surface area contributed by atoms with E-state index in [4.69, 9.17) is 14.2 Å². The number of allylic oxidation sites excluding steroid dienone is 4. The van der Waals surface area contributed by atoms with Crippen LogP contribution in [0.3, 0.4) is 0 Å². The lowest BCUT2D eigenvalue weighted by Crippen LogP contribution is -2.30. The number of carbonyl (C=O) groups excluding carboxylic acids is 3. The first-order valence-corrected chi connectivity index (χ1v) is 30.3. The molecule has 0 fully saturated rings. The molecule has 0 amide bonds. The van der Waals surface area contributed by atoms with E-state index < -0.39 is 6.10 Å². The van der Waals surface area contributed by atoms with Gasteiger partial charge in [0.05, 0.1) is 0 Å². The number of rotatable bonds is 56. The molecule has 0 aromatic rings. The fraction of sp³-hybridized carbons (Fsp3) is 0.887. The SMILES string of the molecule is CCCCCC/C=C\CCCCCCCC(=O)OCC(COC(=O)CCCCCCCCCCCCCCCCCCCCCCCCC)OC(=O)CCCCCCC/C=C\CCCCCCC. The molecule has 1 atom stereocenters. The van der Waals surface area contributed by atoms with E-state index in [2.05, 4.69) is 45.1 Å². The van der Waals surface area contributed by atoms with Crippen LogP contribution in [0.4, 0.5) is 0 Å². The molecule has 0 spiro atoms. The smallest absolute Gasteiger partial charge is 0.306 e. The Kier molecular flexibility index (Phi) is 55.7. The highest BCUT2D eigenvalue weighted by Gasteiger charge is 2.19. The molecular formula is C62H116O6. The maximum Gasteiger partial charge on any atom is 0.306 e. The van der Waals surface area contributed by atoms with Crippen LogP contribution in [0.25, 0.3) is 0 Å². The zero-order valence-electron chi connectivity index (χ0n) is 45.9. The van der Waals surface area contributed by atoms with Crippen LogP contribution in [0, 0.1) is 0 Å². The van der Waals surface area contributed by atoms with Crippen LogP contribution in [-0.4, -0.2) is 37.2 Å². The molecule has 6 nitrogen and oxygen atoms in total. The fourth-order valence-corrected chi connectivity index (χ4v) is 9.08. The third-order valence-electron chi connectivity index (χ3n) is 13.7. The minimum absolute atomic E-state index is 0.0728. The molecule has 400 valence electrons. The van der Waals surface area contributed by atoms with E-state index in [-0.39, 0.29) is 31.1 Å². The molecule has 6 heteroatoms. The summed E-state index contributed by atoms with van der Waals surface area (Å²) in [6, 6.07) is 0. The van der Waals surface area contributed by atoms with Crippen molar-refractivity contribution >= 4 is 17.9 Å².